The molecular weight excluding hydrogens is 1370 g/mol. The summed E-state index contributed by atoms with van der Waals surface area (Å²) >= 11 is 0. The fourth-order valence-electron chi connectivity index (χ4n) is 17.7. The number of fused-ring (bicyclic) bond motifs is 16. The molecule has 0 saturated carbocycles. The Morgan fingerprint density at radius 2 is 0.681 bits per heavy atom. The third-order valence-electron chi connectivity index (χ3n) is 23.5. The Morgan fingerprint density at radius 3 is 1.19 bits per heavy atom. The second-order valence-corrected chi connectivity index (χ2v) is 34.6. The Balaban J connectivity index is 0.954. The quantitative estimate of drug-likeness (QED) is 0.142. The number of nitrogens with zero attached hydrogens (tertiary/aromatic N) is 5. The first kappa shape index (κ1) is 53.1. The normalized spacial score (nSPS) is 15.2. The zero-order valence-corrected chi connectivity index (χ0v) is 65.0. The molecule has 2 aliphatic heterocycles. The van der Waals surface area contributed by atoms with Crippen LogP contribution in [0.3, 0.4) is 0 Å². The van der Waals surface area contributed by atoms with Gasteiger partial charge in [0.1, 0.15) is 0 Å². The molecule has 0 unspecified atom stereocenters. The van der Waals surface area contributed by atoms with Gasteiger partial charge < -0.3 is 27.9 Å². The predicted octanol–water partition coefficient (Wildman–Crippen LogP) is 27.2. The van der Waals surface area contributed by atoms with E-state index in [1.807, 2.05) is 72.8 Å². The van der Waals surface area contributed by atoms with Gasteiger partial charge in [-0.3, -0.25) is 0 Å². The van der Waals surface area contributed by atoms with Gasteiger partial charge >= 0.3 is 0 Å². The van der Waals surface area contributed by atoms with Crippen molar-refractivity contribution in [3.05, 3.63) is 337 Å². The second kappa shape index (κ2) is 24.8. The van der Waals surface area contributed by atoms with Gasteiger partial charge in [-0.25, -0.2) is 0 Å². The summed E-state index contributed by atoms with van der Waals surface area (Å²) in [5, 5.41) is 2.91. The van der Waals surface area contributed by atoms with E-state index >= 15 is 0 Å². The van der Waals surface area contributed by atoms with Crippen LogP contribution in [0.5, 0.6) is 0 Å². The number of furan rings is 1. The van der Waals surface area contributed by atoms with Gasteiger partial charge in [0.2, 0.25) is 0 Å². The molecule has 0 N–H and O–H groups in total. The predicted molar refractivity (Wildman–Crippen MR) is 482 cm³/mol. The highest BCUT2D eigenvalue weighted by Crippen LogP contribution is 2.52. The fraction of sp³-hybridized carbons (Fsp3) is 0.151. The Morgan fingerprint density at radius 1 is 0.257 bits per heavy atom. The summed E-state index contributed by atoms with van der Waals surface area (Å²) in [6, 6.07) is 67.7. The third-order valence-corrected chi connectivity index (χ3v) is 23.5. The summed E-state index contributed by atoms with van der Waals surface area (Å²) in [7, 11) is 0. The number of benzene rings is 15. The first-order valence-electron chi connectivity index (χ1n) is 46.8. The van der Waals surface area contributed by atoms with Crippen molar-refractivity contribution < 1.29 is 26.3 Å². The van der Waals surface area contributed by atoms with Crippen LogP contribution in [0.2, 0.25) is 0 Å². The molecule has 0 amide bonds. The van der Waals surface area contributed by atoms with Crippen molar-refractivity contribution in [1.82, 2.24) is 13.7 Å². The third kappa shape index (κ3) is 10.7. The maximum absolute atomic E-state index is 10.2. The molecule has 4 aromatic heterocycles. The molecule has 19 aromatic rings. The summed E-state index contributed by atoms with van der Waals surface area (Å²) in [6.07, 6.45) is 0. The maximum Gasteiger partial charge on any atom is 0.252 e. The first-order chi connectivity index (χ1) is 61.2. The van der Waals surface area contributed by atoms with Gasteiger partial charge in [0.05, 0.1) is 72.1 Å². The van der Waals surface area contributed by atoms with Gasteiger partial charge in [0.25, 0.3) is 6.71 Å². The van der Waals surface area contributed by atoms with Crippen LogP contribution in [-0.4, -0.2) is 20.4 Å². The van der Waals surface area contributed by atoms with Gasteiger partial charge in [-0.05, 0) is 203 Å². The molecule has 6 heterocycles. The van der Waals surface area contributed by atoms with Crippen molar-refractivity contribution in [1.29, 1.82) is 0 Å². The highest BCUT2D eigenvalue weighted by molar-refractivity contribution is 7.00. The molecule has 0 radical (unpaired) electrons. The number of hydrogen-bond donors (Lipinski definition) is 0. The number of rotatable bonds is 8. The molecule has 21 rings (SSSR count). The van der Waals surface area contributed by atoms with Crippen LogP contribution in [-0.2, 0) is 21.7 Å². The molecule has 0 aliphatic carbocycles. The summed E-state index contributed by atoms with van der Waals surface area (Å²) in [4.78, 5) is 4.47. The number of para-hydroxylation sites is 6. The Labute approximate surface area is 683 Å². The first-order valence-corrected chi connectivity index (χ1v) is 38.8. The van der Waals surface area contributed by atoms with Crippen LogP contribution >= 0.6 is 0 Å². The van der Waals surface area contributed by atoms with Crippen molar-refractivity contribution in [3.8, 4) is 50.4 Å². The average Bonchev–Trinajstić information content (AvgIpc) is 1.63. The van der Waals surface area contributed by atoms with Crippen LogP contribution in [0.1, 0.15) is 127 Å². The molecule has 0 bridgehead atoms. The number of hydrogen-bond acceptors (Lipinski definition) is 3. The Kier molecular flexibility index (Phi) is 11.7. The van der Waals surface area contributed by atoms with E-state index in [2.05, 4.69) is 231 Å². The Hall–Kier alpha value is -12.8. The van der Waals surface area contributed by atoms with E-state index in [4.69, 9.17) is 9.90 Å². The molecule has 2 aliphatic rings. The van der Waals surface area contributed by atoms with Crippen molar-refractivity contribution >= 4 is 145 Å². The van der Waals surface area contributed by atoms with Crippen molar-refractivity contribution in [2.45, 2.75) is 105 Å². The summed E-state index contributed by atoms with van der Waals surface area (Å²) in [5.41, 5.74) is 18.9. The average molecular weight is 1470 g/mol. The van der Waals surface area contributed by atoms with E-state index in [9.17, 15) is 16.4 Å². The van der Waals surface area contributed by atoms with Gasteiger partial charge in [0.15, 0.2) is 11.2 Å². The lowest BCUT2D eigenvalue weighted by Gasteiger charge is -2.44. The minimum Gasteiger partial charge on any atom is -0.452 e. The highest BCUT2D eigenvalue weighted by Gasteiger charge is 2.45. The smallest absolute Gasteiger partial charge is 0.252 e. The van der Waals surface area contributed by atoms with E-state index in [0.29, 0.717) is 39.1 Å². The molecule has 0 fully saturated rings. The second-order valence-electron chi connectivity index (χ2n) is 34.6. The molecule has 0 spiro atoms. The topological polar surface area (TPSA) is 34.4 Å². The molecule has 7 heteroatoms. The SMILES string of the molecule is [2H]c1c([2H])c([2H])c2c(c1[2H])c1c([2H])c([2H])c([2H])c([2H])c1n2-c1cc2c3c(c1)N(c1cccc4c1oc1c(-n5c6c([2H])c([2H])c([2H])c([2H])c6c6c([2H])c([2H])c([2H])c([2H])c65)cccc14)c1cc(-c4cc(C(C)(C)C)cc(C(C)(C)C)c4)ccc1B3c1ccc(-n3c4ccc(C(C)(C)C)cc4c4cc(C(C)(C)C)ccc43)cc1N2c1cc(-c2ccccc2)cc(-c2ccccc2)c1. The summed E-state index contributed by atoms with van der Waals surface area (Å²) in [6.45, 7) is 26.0. The Bertz CT molecular complexity index is 7890. The molecular formula is C106H88BN5O. The highest BCUT2D eigenvalue weighted by atomic mass is 16.3. The lowest BCUT2D eigenvalue weighted by molar-refractivity contribution is 0.569. The molecule has 0 saturated heterocycles. The van der Waals surface area contributed by atoms with Gasteiger partial charge in [-0.15, -0.1) is 0 Å². The van der Waals surface area contributed by atoms with E-state index in [0.717, 1.165) is 99.8 Å². The number of aromatic nitrogens is 3. The van der Waals surface area contributed by atoms with Crippen LogP contribution in [0.25, 0.3) is 138 Å². The lowest BCUT2D eigenvalue weighted by atomic mass is 9.33. The molecule has 6 nitrogen and oxygen atoms in total. The van der Waals surface area contributed by atoms with E-state index < -0.39 is 103 Å². The lowest BCUT2D eigenvalue weighted by Crippen LogP contribution is -2.61. The van der Waals surface area contributed by atoms with E-state index in [-0.39, 0.29) is 82.2 Å². The zero-order chi connectivity index (χ0) is 90.8. The van der Waals surface area contributed by atoms with Gasteiger partial charge in [-0.2, -0.15) is 0 Å². The van der Waals surface area contributed by atoms with Crippen molar-refractivity contribution in [2.24, 2.45) is 0 Å². The largest absolute Gasteiger partial charge is 0.452 e. The molecule has 15 aromatic carbocycles. The van der Waals surface area contributed by atoms with Crippen LogP contribution < -0.4 is 26.2 Å². The summed E-state index contributed by atoms with van der Waals surface area (Å²) < 4.78 is 166. The molecule has 113 heavy (non-hydrogen) atoms. The molecule has 0 atom stereocenters. The standard InChI is InChI=1S/C106H88BN5O/c1-103(2,3)71-46-51-92-84(60-71)85-61-72(104(4,5)6)47-52-93(85)108(92)75-48-50-87-97(62-75)110(76-56-68(65-29-15-13-16-30-65)53-69(57-76)66-31-17-14-18-32-66)98-63-77(109-88-39-23-19-33-78(88)79-34-20-24-40-89(79)109)64-99-100(98)107(87)86-49-45-67(70-54-73(105(7,8)9)59-74(55-70)106(10,11)12)58-96(86)112(99)95-44-28-38-83-82-37-27-43-94(101(82)113-102(83)95)111-90-41-25-21-35-80(90)81-36-22-26-42-91(81)111/h13-64H,1-12H3/i19D,20D,21D,22D,23D,24D,25D,26D,33D,34D,35D,36D,39D,40D,41D,42D. The van der Waals surface area contributed by atoms with Crippen molar-refractivity contribution in [3.63, 3.8) is 0 Å². The van der Waals surface area contributed by atoms with Crippen LogP contribution in [0.4, 0.5) is 34.1 Å². The minimum absolute atomic E-state index is 0.0880. The van der Waals surface area contributed by atoms with E-state index in [1.54, 1.807) is 16.7 Å². The fourth-order valence-corrected chi connectivity index (χ4v) is 17.7. The van der Waals surface area contributed by atoms with Crippen LogP contribution in [0.15, 0.2) is 319 Å². The minimum atomic E-state index is -0.674. The van der Waals surface area contributed by atoms with E-state index in [1.165, 1.54) is 15.7 Å². The van der Waals surface area contributed by atoms with Gasteiger partial charge in [-0.1, -0.05) is 289 Å². The van der Waals surface area contributed by atoms with Crippen molar-refractivity contribution in [2.75, 3.05) is 9.80 Å². The zero-order valence-electron chi connectivity index (χ0n) is 81.0. The monoisotopic (exact) mass is 1470 g/mol. The number of anilines is 6. The molecule has 546 valence electrons. The van der Waals surface area contributed by atoms with Gasteiger partial charge in [0, 0.05) is 77.2 Å². The maximum atomic E-state index is 10.2. The summed E-state index contributed by atoms with van der Waals surface area (Å²) in [5.74, 6) is 0. The van der Waals surface area contributed by atoms with Crippen LogP contribution in [0, 0.1) is 0 Å².